The zero-order chi connectivity index (χ0) is 27.7. The van der Waals surface area contributed by atoms with Crippen molar-refractivity contribution in [2.45, 2.75) is 86.5 Å². The molecule has 1 N–H and O–H groups in total. The fraction of sp³-hybridized carbons (Fsp3) is 0.351. The first kappa shape index (κ1) is 26.3. The SMILES string of the molecule is Cc1cc(C)cc(-c2cc3c(cc2C(C)(C)C)-c2cc(C(C)(C)C)c(-c4cc(C)cc(C)c4)c(O)c2C3)c1. The number of phenolic OH excluding ortho intramolecular Hbond substituents is 1. The highest BCUT2D eigenvalue weighted by atomic mass is 16.3. The van der Waals surface area contributed by atoms with Crippen molar-refractivity contribution in [3.63, 3.8) is 0 Å². The second-order valence-corrected chi connectivity index (χ2v) is 13.7. The Balaban J connectivity index is 1.79. The predicted molar refractivity (Wildman–Crippen MR) is 164 cm³/mol. The lowest BCUT2D eigenvalue weighted by molar-refractivity contribution is 0.469. The number of hydrogen-bond acceptors (Lipinski definition) is 1. The zero-order valence-corrected chi connectivity index (χ0v) is 24.9. The molecule has 196 valence electrons. The second-order valence-electron chi connectivity index (χ2n) is 13.7. The Morgan fingerprint density at radius 1 is 0.526 bits per heavy atom. The summed E-state index contributed by atoms with van der Waals surface area (Å²) in [5.41, 5.74) is 16.9. The lowest BCUT2D eigenvalue weighted by Crippen LogP contribution is -2.14. The van der Waals surface area contributed by atoms with E-state index in [1.54, 1.807) is 0 Å². The smallest absolute Gasteiger partial charge is 0.127 e. The number of aromatic hydroxyl groups is 1. The number of rotatable bonds is 2. The molecule has 0 aromatic heterocycles. The average molecular weight is 503 g/mol. The lowest BCUT2D eigenvalue weighted by atomic mass is 9.77. The quantitative estimate of drug-likeness (QED) is 0.254. The third kappa shape index (κ3) is 4.57. The van der Waals surface area contributed by atoms with Crippen molar-refractivity contribution in [2.75, 3.05) is 0 Å². The van der Waals surface area contributed by atoms with Crippen LogP contribution in [0.15, 0.2) is 54.6 Å². The molecular weight excluding hydrogens is 460 g/mol. The Morgan fingerprint density at radius 2 is 1.00 bits per heavy atom. The van der Waals surface area contributed by atoms with E-state index in [4.69, 9.17) is 0 Å². The van der Waals surface area contributed by atoms with Crippen LogP contribution in [0.25, 0.3) is 33.4 Å². The lowest BCUT2D eigenvalue weighted by Gasteiger charge is -2.27. The normalized spacial score (nSPS) is 13.0. The van der Waals surface area contributed by atoms with Crippen LogP contribution in [0.5, 0.6) is 5.75 Å². The van der Waals surface area contributed by atoms with E-state index in [0.29, 0.717) is 5.75 Å². The molecule has 4 aromatic carbocycles. The summed E-state index contributed by atoms with van der Waals surface area (Å²) in [6, 6.07) is 20.7. The van der Waals surface area contributed by atoms with Gasteiger partial charge in [-0.1, -0.05) is 100 Å². The molecule has 0 radical (unpaired) electrons. The van der Waals surface area contributed by atoms with E-state index in [1.807, 2.05) is 0 Å². The van der Waals surface area contributed by atoms with Crippen molar-refractivity contribution < 1.29 is 5.11 Å². The van der Waals surface area contributed by atoms with Crippen LogP contribution in [-0.2, 0) is 17.3 Å². The van der Waals surface area contributed by atoms with Gasteiger partial charge in [-0.3, -0.25) is 0 Å². The molecule has 0 saturated heterocycles. The minimum atomic E-state index is -0.117. The highest BCUT2D eigenvalue weighted by Gasteiger charge is 2.32. The van der Waals surface area contributed by atoms with E-state index in [2.05, 4.69) is 124 Å². The number of hydrogen-bond donors (Lipinski definition) is 1. The Bertz CT molecular complexity index is 1540. The molecule has 38 heavy (non-hydrogen) atoms. The van der Waals surface area contributed by atoms with Gasteiger partial charge in [0.2, 0.25) is 0 Å². The van der Waals surface area contributed by atoms with E-state index < -0.39 is 0 Å². The van der Waals surface area contributed by atoms with Crippen LogP contribution < -0.4 is 0 Å². The van der Waals surface area contributed by atoms with Gasteiger partial charge in [-0.2, -0.15) is 0 Å². The summed E-state index contributed by atoms with van der Waals surface area (Å²) in [6.45, 7) is 22.3. The maximum Gasteiger partial charge on any atom is 0.127 e. The van der Waals surface area contributed by atoms with Crippen LogP contribution in [0.3, 0.4) is 0 Å². The topological polar surface area (TPSA) is 20.2 Å². The largest absolute Gasteiger partial charge is 0.507 e. The molecule has 0 spiro atoms. The molecule has 0 atom stereocenters. The Morgan fingerprint density at radius 3 is 1.50 bits per heavy atom. The monoisotopic (exact) mass is 502 g/mol. The molecule has 1 nitrogen and oxygen atoms in total. The second kappa shape index (κ2) is 8.87. The number of benzene rings is 4. The molecule has 0 amide bonds. The third-order valence-electron chi connectivity index (χ3n) is 7.97. The first-order valence-corrected chi connectivity index (χ1v) is 13.9. The fourth-order valence-electron chi connectivity index (χ4n) is 6.35. The molecular formula is C37H42O. The van der Waals surface area contributed by atoms with E-state index in [1.165, 1.54) is 61.2 Å². The maximum atomic E-state index is 11.9. The van der Waals surface area contributed by atoms with Gasteiger partial charge in [-0.05, 0) is 101 Å². The Kier molecular flexibility index (Phi) is 6.14. The van der Waals surface area contributed by atoms with Crippen molar-refractivity contribution in [3.05, 3.63) is 99.1 Å². The van der Waals surface area contributed by atoms with Gasteiger partial charge >= 0.3 is 0 Å². The summed E-state index contributed by atoms with van der Waals surface area (Å²) < 4.78 is 0. The van der Waals surface area contributed by atoms with Crippen LogP contribution in [0, 0.1) is 27.7 Å². The molecule has 0 bridgehead atoms. The highest BCUT2D eigenvalue weighted by molar-refractivity contribution is 5.90. The molecule has 4 aromatic rings. The van der Waals surface area contributed by atoms with Crippen LogP contribution >= 0.6 is 0 Å². The van der Waals surface area contributed by atoms with Crippen LogP contribution in [0.4, 0.5) is 0 Å². The fourth-order valence-corrected chi connectivity index (χ4v) is 6.35. The molecule has 0 fully saturated rings. The minimum absolute atomic E-state index is 0.0152. The van der Waals surface area contributed by atoms with Gasteiger partial charge in [0, 0.05) is 17.5 Å². The molecule has 0 unspecified atom stereocenters. The molecule has 1 aliphatic carbocycles. The summed E-state index contributed by atoms with van der Waals surface area (Å²) in [5, 5.41) is 11.9. The van der Waals surface area contributed by atoms with E-state index in [-0.39, 0.29) is 10.8 Å². The Labute approximate surface area is 229 Å². The molecule has 5 rings (SSSR count). The first-order valence-electron chi connectivity index (χ1n) is 13.9. The first-order chi connectivity index (χ1) is 17.6. The maximum absolute atomic E-state index is 11.9. The summed E-state index contributed by atoms with van der Waals surface area (Å²) in [4.78, 5) is 0. The van der Waals surface area contributed by atoms with Gasteiger partial charge in [0.1, 0.15) is 5.75 Å². The zero-order valence-electron chi connectivity index (χ0n) is 24.9. The summed E-state index contributed by atoms with van der Waals surface area (Å²) in [6.07, 6.45) is 0.751. The average Bonchev–Trinajstić information content (AvgIpc) is 3.14. The van der Waals surface area contributed by atoms with Gasteiger partial charge in [0.15, 0.2) is 0 Å². The van der Waals surface area contributed by atoms with E-state index in [9.17, 15) is 5.11 Å². The van der Waals surface area contributed by atoms with Crippen molar-refractivity contribution in [2.24, 2.45) is 0 Å². The number of aryl methyl sites for hydroxylation is 4. The molecule has 0 aliphatic heterocycles. The molecule has 1 aliphatic rings. The van der Waals surface area contributed by atoms with Crippen LogP contribution in [-0.4, -0.2) is 5.11 Å². The van der Waals surface area contributed by atoms with Crippen molar-refractivity contribution in [3.8, 4) is 39.1 Å². The predicted octanol–water partition coefficient (Wildman–Crippen LogP) is 10.1. The number of fused-ring (bicyclic) bond motifs is 3. The van der Waals surface area contributed by atoms with Gasteiger partial charge in [0.05, 0.1) is 0 Å². The van der Waals surface area contributed by atoms with Crippen LogP contribution in [0.2, 0.25) is 0 Å². The highest BCUT2D eigenvalue weighted by Crippen LogP contribution is 2.51. The molecule has 0 saturated carbocycles. The van der Waals surface area contributed by atoms with Crippen molar-refractivity contribution >= 4 is 0 Å². The van der Waals surface area contributed by atoms with Gasteiger partial charge in [-0.15, -0.1) is 0 Å². The third-order valence-corrected chi connectivity index (χ3v) is 7.97. The van der Waals surface area contributed by atoms with Gasteiger partial charge in [0.25, 0.3) is 0 Å². The molecule has 1 heteroatoms. The minimum Gasteiger partial charge on any atom is -0.507 e. The van der Waals surface area contributed by atoms with Gasteiger partial charge < -0.3 is 5.11 Å². The summed E-state index contributed by atoms with van der Waals surface area (Å²) >= 11 is 0. The van der Waals surface area contributed by atoms with Crippen LogP contribution in [0.1, 0.15) is 86.1 Å². The summed E-state index contributed by atoms with van der Waals surface area (Å²) in [7, 11) is 0. The van der Waals surface area contributed by atoms with Gasteiger partial charge in [-0.25, -0.2) is 0 Å². The van der Waals surface area contributed by atoms with Crippen molar-refractivity contribution in [1.29, 1.82) is 0 Å². The van der Waals surface area contributed by atoms with Crippen molar-refractivity contribution in [1.82, 2.24) is 0 Å². The van der Waals surface area contributed by atoms with E-state index in [0.717, 1.165) is 23.1 Å². The number of phenols is 1. The molecule has 0 heterocycles. The van der Waals surface area contributed by atoms with E-state index >= 15 is 0 Å². The summed E-state index contributed by atoms with van der Waals surface area (Å²) in [5.74, 6) is 0.443. The standard InChI is InChI=1S/C37H42O/c1-21-11-22(2)14-25(13-21)29-17-26-18-31-30(28(26)19-32(29)36(5,6)7)20-33(37(8,9)10)34(35(31)38)27-15-23(3)12-24(4)16-27/h11-17,19-20,38H,18H2,1-10H3. The Hall–Kier alpha value is -3.32.